The molecule has 0 bridgehead atoms. The Morgan fingerprint density at radius 1 is 0.943 bits per heavy atom. The number of thiophene rings is 1. The number of hydrogen-bond donors (Lipinski definition) is 2. The first kappa shape index (κ1) is 23.8. The molecule has 1 saturated carbocycles. The minimum Gasteiger partial charge on any atom is -0.362 e. The second kappa shape index (κ2) is 11.2. The molecular formula is C29H35N5S. The summed E-state index contributed by atoms with van der Waals surface area (Å²) in [6, 6.07) is 21.7. The van der Waals surface area contributed by atoms with Gasteiger partial charge >= 0.3 is 0 Å². The monoisotopic (exact) mass is 485 g/mol. The molecule has 5 nitrogen and oxygen atoms in total. The Balaban J connectivity index is 1.06. The van der Waals surface area contributed by atoms with Gasteiger partial charge in [-0.25, -0.2) is 4.98 Å². The van der Waals surface area contributed by atoms with Crippen molar-refractivity contribution in [2.45, 2.75) is 38.1 Å². The minimum absolute atomic E-state index is 0.449. The lowest BCUT2D eigenvalue weighted by atomic mass is 9.86. The van der Waals surface area contributed by atoms with Crippen molar-refractivity contribution in [2.75, 3.05) is 37.4 Å². The summed E-state index contributed by atoms with van der Waals surface area (Å²) < 4.78 is 0. The highest BCUT2D eigenvalue weighted by molar-refractivity contribution is 7.13. The third kappa shape index (κ3) is 6.00. The maximum atomic E-state index is 4.82. The van der Waals surface area contributed by atoms with E-state index in [1.54, 1.807) is 0 Å². The number of para-hydroxylation sites is 1. The Hall–Kier alpha value is -2.96. The van der Waals surface area contributed by atoms with Crippen LogP contribution in [0.5, 0.6) is 0 Å². The van der Waals surface area contributed by atoms with Crippen LogP contribution < -0.4 is 15.5 Å². The number of hydrogen-bond acceptors (Lipinski definition) is 6. The van der Waals surface area contributed by atoms with Crippen LogP contribution in [-0.2, 0) is 6.42 Å². The van der Waals surface area contributed by atoms with Crippen LogP contribution in [0.2, 0.25) is 0 Å². The van der Waals surface area contributed by atoms with Gasteiger partial charge in [-0.05, 0) is 85.8 Å². The zero-order valence-corrected chi connectivity index (χ0v) is 21.5. The van der Waals surface area contributed by atoms with E-state index in [0.29, 0.717) is 6.04 Å². The van der Waals surface area contributed by atoms with Gasteiger partial charge in [-0.15, -0.1) is 11.3 Å². The highest BCUT2D eigenvalue weighted by Crippen LogP contribution is 2.29. The van der Waals surface area contributed by atoms with Crippen molar-refractivity contribution in [3.8, 4) is 10.4 Å². The van der Waals surface area contributed by atoms with Gasteiger partial charge in [0.2, 0.25) is 5.95 Å². The van der Waals surface area contributed by atoms with E-state index in [1.807, 2.05) is 37.6 Å². The third-order valence-corrected chi connectivity index (χ3v) is 7.95. The third-order valence-electron chi connectivity index (χ3n) is 6.92. The van der Waals surface area contributed by atoms with E-state index in [4.69, 9.17) is 9.97 Å². The number of nitrogens with zero attached hydrogens (tertiary/aromatic N) is 3. The molecular weight excluding hydrogens is 450 g/mol. The number of fused-ring (bicyclic) bond motifs is 1. The van der Waals surface area contributed by atoms with E-state index in [1.165, 1.54) is 41.7 Å². The Morgan fingerprint density at radius 3 is 2.51 bits per heavy atom. The molecule has 1 fully saturated rings. The van der Waals surface area contributed by atoms with Crippen molar-refractivity contribution >= 4 is 34.0 Å². The highest BCUT2D eigenvalue weighted by Gasteiger charge is 2.22. The lowest BCUT2D eigenvalue weighted by Gasteiger charge is -2.29. The lowest BCUT2D eigenvalue weighted by Crippen LogP contribution is -2.32. The smallest absolute Gasteiger partial charge is 0.225 e. The van der Waals surface area contributed by atoms with Gasteiger partial charge in [0.05, 0.1) is 5.52 Å². The molecule has 1 aliphatic rings. The van der Waals surface area contributed by atoms with Gasteiger partial charge in [0.15, 0.2) is 0 Å². The zero-order valence-electron chi connectivity index (χ0n) is 20.7. The lowest BCUT2D eigenvalue weighted by molar-refractivity contribution is 0.325. The fraction of sp³-hybridized carbons (Fsp3) is 0.379. The van der Waals surface area contributed by atoms with Crippen LogP contribution in [-0.4, -0.2) is 43.2 Å². The van der Waals surface area contributed by atoms with Crippen LogP contribution in [0, 0.1) is 5.92 Å². The zero-order chi connectivity index (χ0) is 24.0. The molecule has 35 heavy (non-hydrogen) atoms. The van der Waals surface area contributed by atoms with Gasteiger partial charge < -0.3 is 15.5 Å². The highest BCUT2D eigenvalue weighted by atomic mass is 32.1. The molecule has 0 unspecified atom stereocenters. The molecule has 2 N–H and O–H groups in total. The van der Waals surface area contributed by atoms with Crippen LogP contribution in [0.4, 0.5) is 11.8 Å². The van der Waals surface area contributed by atoms with Crippen molar-refractivity contribution in [1.82, 2.24) is 15.3 Å². The summed E-state index contributed by atoms with van der Waals surface area (Å²) in [5, 5.41) is 10.7. The number of nitrogens with one attached hydrogen (secondary N) is 2. The quantitative estimate of drug-likeness (QED) is 0.275. The van der Waals surface area contributed by atoms with Crippen molar-refractivity contribution < 1.29 is 0 Å². The number of anilines is 2. The molecule has 4 aromatic rings. The molecule has 5 rings (SSSR count). The Kier molecular flexibility index (Phi) is 7.60. The molecule has 0 saturated heterocycles. The van der Waals surface area contributed by atoms with Crippen molar-refractivity contribution in [3.05, 3.63) is 71.6 Å². The fourth-order valence-corrected chi connectivity index (χ4v) is 5.91. The summed E-state index contributed by atoms with van der Waals surface area (Å²) in [5.41, 5.74) is 3.74. The predicted octanol–water partition coefficient (Wildman–Crippen LogP) is 6.23. The average molecular weight is 486 g/mol. The molecule has 0 spiro atoms. The summed E-state index contributed by atoms with van der Waals surface area (Å²) in [6.07, 6.45) is 5.92. The SMILES string of the molecule is CN(C)c1nc(N[C@H]2CC[C@@H](CNCCc3csc(-c4ccccc4)c3)CC2)nc2ccccc12. The minimum atomic E-state index is 0.449. The molecule has 0 aliphatic heterocycles. The van der Waals surface area contributed by atoms with Crippen molar-refractivity contribution in [1.29, 1.82) is 0 Å². The molecule has 0 atom stereocenters. The van der Waals surface area contributed by atoms with E-state index < -0.39 is 0 Å². The number of benzene rings is 2. The van der Waals surface area contributed by atoms with Gasteiger partial charge in [-0.1, -0.05) is 42.5 Å². The van der Waals surface area contributed by atoms with Crippen LogP contribution in [0.15, 0.2) is 66.0 Å². The Bertz CT molecular complexity index is 1230. The topological polar surface area (TPSA) is 53.1 Å². The Morgan fingerprint density at radius 2 is 1.71 bits per heavy atom. The van der Waals surface area contributed by atoms with E-state index in [0.717, 1.165) is 48.1 Å². The molecule has 2 aromatic carbocycles. The number of rotatable bonds is 9. The van der Waals surface area contributed by atoms with Crippen LogP contribution in [0.25, 0.3) is 21.3 Å². The molecule has 1 aliphatic carbocycles. The average Bonchev–Trinajstić information content (AvgIpc) is 3.36. The molecule has 0 amide bonds. The molecule has 0 radical (unpaired) electrons. The van der Waals surface area contributed by atoms with E-state index in [2.05, 4.69) is 69.4 Å². The van der Waals surface area contributed by atoms with Gasteiger partial charge in [0, 0.05) is 30.4 Å². The van der Waals surface area contributed by atoms with Crippen molar-refractivity contribution in [2.24, 2.45) is 5.92 Å². The van der Waals surface area contributed by atoms with E-state index in [9.17, 15) is 0 Å². The van der Waals surface area contributed by atoms with E-state index in [-0.39, 0.29) is 0 Å². The maximum Gasteiger partial charge on any atom is 0.225 e. The molecule has 6 heteroatoms. The second-order valence-electron chi connectivity index (χ2n) is 9.78. The summed E-state index contributed by atoms with van der Waals surface area (Å²) in [5.74, 6) is 2.47. The predicted molar refractivity (Wildman–Crippen MR) is 150 cm³/mol. The summed E-state index contributed by atoms with van der Waals surface area (Å²) in [4.78, 5) is 13.0. The largest absolute Gasteiger partial charge is 0.362 e. The maximum absolute atomic E-state index is 4.82. The van der Waals surface area contributed by atoms with Gasteiger partial charge in [-0.3, -0.25) is 0 Å². The first-order valence-corrected chi connectivity index (χ1v) is 13.6. The second-order valence-corrected chi connectivity index (χ2v) is 10.7. The van der Waals surface area contributed by atoms with Crippen LogP contribution >= 0.6 is 11.3 Å². The van der Waals surface area contributed by atoms with Gasteiger partial charge in [0.25, 0.3) is 0 Å². The molecule has 182 valence electrons. The van der Waals surface area contributed by atoms with E-state index >= 15 is 0 Å². The fourth-order valence-electron chi connectivity index (χ4n) is 4.96. The summed E-state index contributed by atoms with van der Waals surface area (Å²) >= 11 is 1.84. The van der Waals surface area contributed by atoms with Crippen LogP contribution in [0.3, 0.4) is 0 Å². The van der Waals surface area contributed by atoms with Gasteiger partial charge in [0.1, 0.15) is 5.82 Å². The molecule has 2 aromatic heterocycles. The molecule has 2 heterocycles. The van der Waals surface area contributed by atoms with Crippen LogP contribution in [0.1, 0.15) is 31.2 Å². The summed E-state index contributed by atoms with van der Waals surface area (Å²) in [7, 11) is 4.08. The first-order valence-electron chi connectivity index (χ1n) is 12.7. The standard InChI is InChI=1S/C29H35N5S/c1-34(2)28-25-10-6-7-11-26(25)32-29(33-28)31-24-14-12-21(13-15-24)19-30-17-16-22-18-27(35-20-22)23-8-4-3-5-9-23/h3-11,18,20-21,24,30H,12-17,19H2,1-2H3,(H,31,32,33)/t21-,24+. The first-order chi connectivity index (χ1) is 17.2. The Labute approximate surface area is 212 Å². The summed E-state index contributed by atoms with van der Waals surface area (Å²) in [6.45, 7) is 2.15. The number of aromatic nitrogens is 2. The van der Waals surface area contributed by atoms with Crippen molar-refractivity contribution in [3.63, 3.8) is 0 Å². The normalized spacial score (nSPS) is 18.0. The van der Waals surface area contributed by atoms with Gasteiger partial charge in [-0.2, -0.15) is 4.98 Å².